The number of non-ortho nitro benzene ring substituents is 1. The molecule has 1 amide bonds. The number of nitrogens with one attached hydrogen (secondary N) is 2. The van der Waals surface area contributed by atoms with Crippen LogP contribution in [-0.4, -0.2) is 37.5 Å². The van der Waals surface area contributed by atoms with Gasteiger partial charge < -0.3 is 15.5 Å². The Morgan fingerprint density at radius 2 is 2.05 bits per heavy atom. The zero-order chi connectivity index (χ0) is 15.3. The Hall–Kier alpha value is -2.31. The first-order chi connectivity index (χ1) is 9.33. The van der Waals surface area contributed by atoms with E-state index in [2.05, 4.69) is 10.6 Å². The van der Waals surface area contributed by atoms with E-state index in [9.17, 15) is 14.9 Å². The highest BCUT2D eigenvalue weighted by atomic mass is 16.6. The number of benzene rings is 1. The quantitative estimate of drug-likeness (QED) is 0.610. The molecule has 0 aromatic heterocycles. The molecule has 0 saturated heterocycles. The maximum Gasteiger partial charge on any atom is 0.273 e. The summed E-state index contributed by atoms with van der Waals surface area (Å²) in [6, 6.07) is 4.72. The van der Waals surface area contributed by atoms with Crippen LogP contribution in [0.15, 0.2) is 18.2 Å². The number of nitro groups is 1. The molecule has 1 aromatic rings. The number of anilines is 2. The summed E-state index contributed by atoms with van der Waals surface area (Å²) in [5, 5.41) is 16.5. The van der Waals surface area contributed by atoms with E-state index in [-0.39, 0.29) is 24.2 Å². The largest absolute Gasteiger partial charge is 0.388 e. The van der Waals surface area contributed by atoms with Crippen LogP contribution in [0, 0.1) is 10.1 Å². The number of carbonyl (C=O) groups is 1. The predicted octanol–water partition coefficient (Wildman–Crippen LogP) is 1.60. The van der Waals surface area contributed by atoms with Crippen molar-refractivity contribution in [2.24, 2.45) is 0 Å². The molecule has 0 aliphatic heterocycles. The summed E-state index contributed by atoms with van der Waals surface area (Å²) in [6.07, 6.45) is 0. The summed E-state index contributed by atoms with van der Waals surface area (Å²) in [7, 11) is 3.41. The average Bonchev–Trinajstić information content (AvgIpc) is 2.36. The maximum atomic E-state index is 11.7. The maximum absolute atomic E-state index is 11.7. The number of hydrogen-bond donors (Lipinski definition) is 2. The molecular weight excluding hydrogens is 260 g/mol. The average molecular weight is 280 g/mol. The highest BCUT2D eigenvalue weighted by Crippen LogP contribution is 2.26. The van der Waals surface area contributed by atoms with Gasteiger partial charge in [0.2, 0.25) is 5.91 Å². The molecule has 0 bridgehead atoms. The van der Waals surface area contributed by atoms with Crippen molar-refractivity contribution < 1.29 is 9.72 Å². The van der Waals surface area contributed by atoms with Crippen molar-refractivity contribution in [3.05, 3.63) is 28.3 Å². The molecule has 0 spiro atoms. The molecule has 7 heteroatoms. The van der Waals surface area contributed by atoms with Crippen LogP contribution in [0.5, 0.6) is 0 Å². The molecule has 0 heterocycles. The number of likely N-dealkylation sites (N-methyl/N-ethyl adjacent to an activating group) is 1. The van der Waals surface area contributed by atoms with Crippen molar-refractivity contribution >= 4 is 23.0 Å². The number of hydrogen-bond acceptors (Lipinski definition) is 5. The smallest absolute Gasteiger partial charge is 0.273 e. The van der Waals surface area contributed by atoms with Crippen molar-refractivity contribution in [2.75, 3.05) is 30.9 Å². The summed E-state index contributed by atoms with van der Waals surface area (Å²) in [5.41, 5.74) is 1.23. The van der Waals surface area contributed by atoms with Gasteiger partial charge in [0.05, 0.1) is 11.5 Å². The van der Waals surface area contributed by atoms with Crippen molar-refractivity contribution in [1.82, 2.24) is 5.32 Å². The van der Waals surface area contributed by atoms with Crippen LogP contribution < -0.4 is 15.5 Å². The third kappa shape index (κ3) is 4.42. The summed E-state index contributed by atoms with van der Waals surface area (Å²) < 4.78 is 0. The Labute approximate surface area is 118 Å². The van der Waals surface area contributed by atoms with Crippen LogP contribution in [0.4, 0.5) is 17.1 Å². The van der Waals surface area contributed by atoms with E-state index in [4.69, 9.17) is 0 Å². The lowest BCUT2D eigenvalue weighted by molar-refractivity contribution is -0.384. The lowest BCUT2D eigenvalue weighted by Crippen LogP contribution is -2.38. The summed E-state index contributed by atoms with van der Waals surface area (Å²) in [4.78, 5) is 23.8. The Bertz CT molecular complexity index is 502. The molecule has 0 aliphatic carbocycles. The van der Waals surface area contributed by atoms with Gasteiger partial charge in [-0.1, -0.05) is 0 Å². The van der Waals surface area contributed by atoms with Gasteiger partial charge in [-0.3, -0.25) is 14.9 Å². The molecule has 0 atom stereocenters. The minimum absolute atomic E-state index is 0.0111. The molecule has 20 heavy (non-hydrogen) atoms. The molecule has 7 nitrogen and oxygen atoms in total. The summed E-state index contributed by atoms with van der Waals surface area (Å²) >= 11 is 0. The fraction of sp³-hybridized carbons (Fsp3) is 0.462. The zero-order valence-corrected chi connectivity index (χ0v) is 12.1. The fourth-order valence-corrected chi connectivity index (χ4v) is 1.74. The van der Waals surface area contributed by atoms with E-state index < -0.39 is 4.92 Å². The number of nitro benzene ring substituents is 1. The monoisotopic (exact) mass is 280 g/mol. The van der Waals surface area contributed by atoms with Gasteiger partial charge in [-0.15, -0.1) is 0 Å². The van der Waals surface area contributed by atoms with Gasteiger partial charge in [-0.2, -0.15) is 0 Å². The molecular formula is C13H20N4O3. The SMILES string of the molecule is CNc1cc(N(C)CC(=O)NC(C)C)cc([N+](=O)[O-])c1. The Kier molecular flexibility index (Phi) is 5.31. The van der Waals surface area contributed by atoms with Gasteiger partial charge in [0, 0.05) is 43.6 Å². The molecule has 0 unspecified atom stereocenters. The molecule has 0 aliphatic rings. The second kappa shape index (κ2) is 6.74. The van der Waals surface area contributed by atoms with Gasteiger partial charge in [0.1, 0.15) is 0 Å². The molecule has 2 N–H and O–H groups in total. The van der Waals surface area contributed by atoms with Gasteiger partial charge in [-0.05, 0) is 19.9 Å². The standard InChI is InChI=1S/C13H20N4O3/c1-9(2)15-13(18)8-16(4)11-5-10(14-3)6-12(7-11)17(19)20/h5-7,9,14H,8H2,1-4H3,(H,15,18). The van der Waals surface area contributed by atoms with Gasteiger partial charge >= 0.3 is 0 Å². The lowest BCUT2D eigenvalue weighted by atomic mass is 10.2. The molecule has 1 aromatic carbocycles. The summed E-state index contributed by atoms with van der Waals surface area (Å²) in [5.74, 6) is -0.125. The number of amides is 1. The number of nitrogens with zero attached hydrogens (tertiary/aromatic N) is 2. The van der Waals surface area contributed by atoms with Crippen molar-refractivity contribution in [3.8, 4) is 0 Å². The van der Waals surface area contributed by atoms with Crippen molar-refractivity contribution in [3.63, 3.8) is 0 Å². The van der Waals surface area contributed by atoms with E-state index >= 15 is 0 Å². The molecule has 0 radical (unpaired) electrons. The first kappa shape index (κ1) is 15.7. The Morgan fingerprint density at radius 1 is 1.40 bits per heavy atom. The van der Waals surface area contributed by atoms with Crippen LogP contribution in [0.1, 0.15) is 13.8 Å². The van der Waals surface area contributed by atoms with Crippen LogP contribution in [-0.2, 0) is 4.79 Å². The van der Waals surface area contributed by atoms with Gasteiger partial charge in [0.15, 0.2) is 0 Å². The van der Waals surface area contributed by atoms with Crippen molar-refractivity contribution in [1.29, 1.82) is 0 Å². The van der Waals surface area contributed by atoms with E-state index in [0.717, 1.165) is 0 Å². The van der Waals surface area contributed by atoms with Crippen LogP contribution in [0.25, 0.3) is 0 Å². The van der Waals surface area contributed by atoms with Crippen LogP contribution >= 0.6 is 0 Å². The minimum Gasteiger partial charge on any atom is -0.388 e. The third-order valence-electron chi connectivity index (χ3n) is 2.67. The zero-order valence-electron chi connectivity index (χ0n) is 12.1. The second-order valence-corrected chi connectivity index (χ2v) is 4.82. The van der Waals surface area contributed by atoms with E-state index in [1.807, 2.05) is 13.8 Å². The Balaban J connectivity index is 2.91. The molecule has 1 rings (SSSR count). The summed E-state index contributed by atoms with van der Waals surface area (Å²) in [6.45, 7) is 3.90. The van der Waals surface area contributed by atoms with Crippen LogP contribution in [0.3, 0.4) is 0 Å². The first-order valence-electron chi connectivity index (χ1n) is 6.31. The topological polar surface area (TPSA) is 87.5 Å². The number of rotatable bonds is 6. The molecule has 0 fully saturated rings. The van der Waals surface area contributed by atoms with Crippen LogP contribution in [0.2, 0.25) is 0 Å². The molecule has 110 valence electrons. The van der Waals surface area contributed by atoms with Gasteiger partial charge in [0.25, 0.3) is 5.69 Å². The number of carbonyl (C=O) groups excluding carboxylic acids is 1. The van der Waals surface area contributed by atoms with Crippen molar-refractivity contribution in [2.45, 2.75) is 19.9 Å². The highest BCUT2D eigenvalue weighted by Gasteiger charge is 2.14. The predicted molar refractivity (Wildman–Crippen MR) is 79.2 cm³/mol. The van der Waals surface area contributed by atoms with E-state index in [0.29, 0.717) is 11.4 Å². The van der Waals surface area contributed by atoms with E-state index in [1.54, 1.807) is 25.1 Å². The third-order valence-corrected chi connectivity index (χ3v) is 2.67. The molecule has 0 saturated carbocycles. The van der Waals surface area contributed by atoms with Gasteiger partial charge in [-0.25, -0.2) is 0 Å². The minimum atomic E-state index is -0.452. The van der Waals surface area contributed by atoms with E-state index in [1.165, 1.54) is 12.1 Å². The lowest BCUT2D eigenvalue weighted by Gasteiger charge is -2.20. The Morgan fingerprint density at radius 3 is 2.55 bits per heavy atom. The second-order valence-electron chi connectivity index (χ2n) is 4.82. The first-order valence-corrected chi connectivity index (χ1v) is 6.31. The normalized spacial score (nSPS) is 10.2. The highest BCUT2D eigenvalue weighted by molar-refractivity contribution is 5.82. The fourth-order valence-electron chi connectivity index (χ4n) is 1.74.